The average molecular weight is 346 g/mol. The van der Waals surface area contributed by atoms with Gasteiger partial charge in [0, 0.05) is 30.1 Å². The van der Waals surface area contributed by atoms with Crippen LogP contribution in [0.25, 0.3) is 0 Å². The maximum absolute atomic E-state index is 12.5. The van der Waals surface area contributed by atoms with Crippen molar-refractivity contribution in [3.05, 3.63) is 94.8 Å². The predicted molar refractivity (Wildman–Crippen MR) is 102 cm³/mol. The van der Waals surface area contributed by atoms with Crippen molar-refractivity contribution in [2.24, 2.45) is 0 Å². The molecule has 0 fully saturated rings. The first-order chi connectivity index (χ1) is 12.6. The lowest BCUT2D eigenvalue weighted by Crippen LogP contribution is -2.23. The fourth-order valence-electron chi connectivity index (χ4n) is 2.83. The highest BCUT2D eigenvalue weighted by Gasteiger charge is 2.12. The van der Waals surface area contributed by atoms with Crippen LogP contribution < -0.4 is 10.1 Å². The van der Waals surface area contributed by atoms with E-state index in [9.17, 15) is 4.79 Å². The second-order valence-corrected chi connectivity index (χ2v) is 6.26. The number of carbonyl (C=O) groups excluding carboxylic acids is 1. The number of rotatable bonds is 6. The standard InChI is InChI=1S/C22H22N2O2/c1-16-11-20(22(25)24-14-18-7-4-3-5-8-18)12-17(2)21(16)26-15-19-9-6-10-23-13-19/h3-13H,14-15H2,1-2H3,(H,24,25). The normalized spacial score (nSPS) is 10.4. The van der Waals surface area contributed by atoms with Gasteiger partial charge in [-0.2, -0.15) is 0 Å². The third-order valence-electron chi connectivity index (χ3n) is 4.12. The third-order valence-corrected chi connectivity index (χ3v) is 4.12. The molecule has 0 spiro atoms. The van der Waals surface area contributed by atoms with E-state index in [1.54, 1.807) is 12.4 Å². The summed E-state index contributed by atoms with van der Waals surface area (Å²) in [7, 11) is 0. The van der Waals surface area contributed by atoms with Gasteiger partial charge in [-0.1, -0.05) is 36.4 Å². The van der Waals surface area contributed by atoms with Gasteiger partial charge in [-0.05, 0) is 48.7 Å². The quantitative estimate of drug-likeness (QED) is 0.727. The van der Waals surface area contributed by atoms with Gasteiger partial charge in [0.25, 0.3) is 5.91 Å². The van der Waals surface area contributed by atoms with Crippen molar-refractivity contribution in [2.75, 3.05) is 0 Å². The molecule has 3 rings (SSSR count). The Kier molecular flexibility index (Phi) is 5.64. The molecule has 1 aromatic heterocycles. The smallest absolute Gasteiger partial charge is 0.251 e. The molecule has 0 atom stereocenters. The molecule has 132 valence electrons. The van der Waals surface area contributed by atoms with Gasteiger partial charge >= 0.3 is 0 Å². The predicted octanol–water partition coefficient (Wildman–Crippen LogP) is 4.21. The fourth-order valence-corrected chi connectivity index (χ4v) is 2.83. The SMILES string of the molecule is Cc1cc(C(=O)NCc2ccccc2)cc(C)c1OCc1cccnc1. The molecular weight excluding hydrogens is 324 g/mol. The number of aromatic nitrogens is 1. The number of benzene rings is 2. The molecule has 4 nitrogen and oxygen atoms in total. The van der Waals surface area contributed by atoms with Crippen LogP contribution in [0.4, 0.5) is 0 Å². The van der Waals surface area contributed by atoms with Crippen molar-refractivity contribution in [1.82, 2.24) is 10.3 Å². The minimum Gasteiger partial charge on any atom is -0.488 e. The number of amides is 1. The Morgan fingerprint density at radius 3 is 2.35 bits per heavy atom. The zero-order valence-corrected chi connectivity index (χ0v) is 15.0. The van der Waals surface area contributed by atoms with Gasteiger partial charge in [0.05, 0.1) is 0 Å². The van der Waals surface area contributed by atoms with Crippen molar-refractivity contribution < 1.29 is 9.53 Å². The van der Waals surface area contributed by atoms with E-state index in [1.807, 2.05) is 68.4 Å². The Morgan fingerprint density at radius 1 is 1.00 bits per heavy atom. The lowest BCUT2D eigenvalue weighted by Gasteiger charge is -2.14. The van der Waals surface area contributed by atoms with Crippen LogP contribution in [0.1, 0.15) is 32.6 Å². The summed E-state index contributed by atoms with van der Waals surface area (Å²) in [5, 5.41) is 2.96. The maximum atomic E-state index is 12.5. The summed E-state index contributed by atoms with van der Waals surface area (Å²) < 4.78 is 5.95. The number of hydrogen-bond acceptors (Lipinski definition) is 3. The van der Waals surface area contributed by atoms with Crippen LogP contribution in [0.15, 0.2) is 67.0 Å². The lowest BCUT2D eigenvalue weighted by atomic mass is 10.0. The number of ether oxygens (including phenoxy) is 1. The largest absolute Gasteiger partial charge is 0.488 e. The summed E-state index contributed by atoms with van der Waals surface area (Å²) in [5.41, 5.74) is 4.61. The minimum atomic E-state index is -0.0844. The van der Waals surface area contributed by atoms with Crippen LogP contribution in [0.5, 0.6) is 5.75 Å². The maximum Gasteiger partial charge on any atom is 0.251 e. The molecule has 2 aromatic carbocycles. The van der Waals surface area contributed by atoms with Gasteiger partial charge in [0.15, 0.2) is 0 Å². The number of carbonyl (C=O) groups is 1. The topological polar surface area (TPSA) is 51.2 Å². The van der Waals surface area contributed by atoms with Gasteiger partial charge in [0.1, 0.15) is 12.4 Å². The molecule has 4 heteroatoms. The van der Waals surface area contributed by atoms with Crippen LogP contribution >= 0.6 is 0 Å². The van der Waals surface area contributed by atoms with Crippen molar-refractivity contribution in [1.29, 1.82) is 0 Å². The minimum absolute atomic E-state index is 0.0844. The lowest BCUT2D eigenvalue weighted by molar-refractivity contribution is 0.0950. The Hall–Kier alpha value is -3.14. The first-order valence-corrected chi connectivity index (χ1v) is 8.58. The van der Waals surface area contributed by atoms with E-state index in [0.29, 0.717) is 18.7 Å². The molecular formula is C22H22N2O2. The van der Waals surface area contributed by atoms with Gasteiger partial charge < -0.3 is 10.1 Å². The highest BCUT2D eigenvalue weighted by Crippen LogP contribution is 2.25. The van der Waals surface area contributed by atoms with Crippen LogP contribution in [-0.2, 0) is 13.2 Å². The molecule has 0 radical (unpaired) electrons. The molecule has 1 heterocycles. The van der Waals surface area contributed by atoms with Gasteiger partial charge in [-0.3, -0.25) is 9.78 Å². The van der Waals surface area contributed by atoms with Crippen molar-refractivity contribution in [3.8, 4) is 5.75 Å². The number of aryl methyl sites for hydroxylation is 2. The summed E-state index contributed by atoms with van der Waals surface area (Å²) in [6.45, 7) is 4.88. The second kappa shape index (κ2) is 8.30. The van der Waals surface area contributed by atoms with E-state index in [2.05, 4.69) is 10.3 Å². The molecule has 1 amide bonds. The summed E-state index contributed by atoms with van der Waals surface area (Å²) in [6, 6.07) is 17.5. The summed E-state index contributed by atoms with van der Waals surface area (Å²) in [6.07, 6.45) is 3.53. The fraction of sp³-hybridized carbons (Fsp3) is 0.182. The van der Waals surface area contributed by atoms with E-state index in [4.69, 9.17) is 4.74 Å². The first-order valence-electron chi connectivity index (χ1n) is 8.58. The van der Waals surface area contributed by atoms with Gasteiger partial charge in [-0.15, -0.1) is 0 Å². The Balaban J connectivity index is 1.67. The van der Waals surface area contributed by atoms with E-state index in [1.165, 1.54) is 0 Å². The molecule has 0 aliphatic heterocycles. The summed E-state index contributed by atoms with van der Waals surface area (Å²) >= 11 is 0. The highest BCUT2D eigenvalue weighted by atomic mass is 16.5. The molecule has 0 saturated carbocycles. The van der Waals surface area contributed by atoms with E-state index >= 15 is 0 Å². The van der Waals surface area contributed by atoms with Crippen LogP contribution in [0, 0.1) is 13.8 Å². The van der Waals surface area contributed by atoms with Crippen molar-refractivity contribution >= 4 is 5.91 Å². The Labute approximate surface area is 153 Å². The van der Waals surface area contributed by atoms with E-state index in [0.717, 1.165) is 28.0 Å². The summed E-state index contributed by atoms with van der Waals surface area (Å²) in [5.74, 6) is 0.729. The molecule has 1 N–H and O–H groups in total. The van der Waals surface area contributed by atoms with Crippen LogP contribution in [0.2, 0.25) is 0 Å². The zero-order chi connectivity index (χ0) is 18.4. The van der Waals surface area contributed by atoms with Gasteiger partial charge in [-0.25, -0.2) is 0 Å². The molecule has 0 saturated heterocycles. The summed E-state index contributed by atoms with van der Waals surface area (Å²) in [4.78, 5) is 16.5. The number of nitrogens with zero attached hydrogens (tertiary/aromatic N) is 1. The number of pyridine rings is 1. The molecule has 0 unspecified atom stereocenters. The number of nitrogens with one attached hydrogen (secondary N) is 1. The number of hydrogen-bond donors (Lipinski definition) is 1. The third kappa shape index (κ3) is 4.48. The Bertz CT molecular complexity index is 854. The highest BCUT2D eigenvalue weighted by molar-refractivity contribution is 5.94. The molecule has 0 aliphatic carbocycles. The van der Waals surface area contributed by atoms with Crippen molar-refractivity contribution in [3.63, 3.8) is 0 Å². The molecule has 26 heavy (non-hydrogen) atoms. The van der Waals surface area contributed by atoms with E-state index < -0.39 is 0 Å². The van der Waals surface area contributed by atoms with Crippen LogP contribution in [-0.4, -0.2) is 10.9 Å². The second-order valence-electron chi connectivity index (χ2n) is 6.26. The first kappa shape index (κ1) is 17.7. The molecule has 0 aliphatic rings. The van der Waals surface area contributed by atoms with Crippen LogP contribution in [0.3, 0.4) is 0 Å². The Morgan fingerprint density at radius 2 is 1.69 bits per heavy atom. The molecule has 0 bridgehead atoms. The average Bonchev–Trinajstić information content (AvgIpc) is 2.67. The van der Waals surface area contributed by atoms with E-state index in [-0.39, 0.29) is 5.91 Å². The van der Waals surface area contributed by atoms with Crippen molar-refractivity contribution in [2.45, 2.75) is 27.0 Å². The monoisotopic (exact) mass is 346 g/mol. The molecule has 3 aromatic rings. The zero-order valence-electron chi connectivity index (χ0n) is 15.0. The van der Waals surface area contributed by atoms with Gasteiger partial charge in [0.2, 0.25) is 0 Å².